The highest BCUT2D eigenvalue weighted by molar-refractivity contribution is 6.34. The van der Waals surface area contributed by atoms with Crippen LogP contribution < -0.4 is 4.74 Å². The molecule has 1 aliphatic rings. The zero-order chi connectivity index (χ0) is 22.1. The van der Waals surface area contributed by atoms with Gasteiger partial charge in [-0.2, -0.15) is 0 Å². The van der Waals surface area contributed by atoms with Crippen molar-refractivity contribution < 1.29 is 9.53 Å². The van der Waals surface area contributed by atoms with E-state index in [1.807, 2.05) is 78.9 Å². The molecule has 0 bridgehead atoms. The van der Waals surface area contributed by atoms with Gasteiger partial charge in [-0.25, -0.2) is 0 Å². The van der Waals surface area contributed by atoms with Gasteiger partial charge in [-0.3, -0.25) is 4.79 Å². The van der Waals surface area contributed by atoms with Gasteiger partial charge in [0.15, 0.2) is 5.78 Å². The first-order chi connectivity index (χ1) is 15.6. The fraction of sp³-hybridized carbons (Fsp3) is 0.107. The van der Waals surface area contributed by atoms with Crippen LogP contribution in [0.25, 0.3) is 0 Å². The lowest BCUT2D eigenvalue weighted by atomic mass is 9.75. The lowest BCUT2D eigenvalue weighted by Crippen LogP contribution is -2.22. The summed E-state index contributed by atoms with van der Waals surface area (Å²) in [5, 5.41) is 1.18. The van der Waals surface area contributed by atoms with E-state index in [4.69, 9.17) is 27.9 Å². The highest BCUT2D eigenvalue weighted by atomic mass is 35.5. The molecule has 0 aromatic heterocycles. The van der Waals surface area contributed by atoms with Crippen LogP contribution in [0, 0.1) is 0 Å². The van der Waals surface area contributed by atoms with Crippen LogP contribution in [-0.4, -0.2) is 5.78 Å². The number of benzene rings is 4. The van der Waals surface area contributed by atoms with E-state index in [0.29, 0.717) is 34.2 Å². The summed E-state index contributed by atoms with van der Waals surface area (Å²) in [7, 11) is 0. The van der Waals surface area contributed by atoms with Crippen molar-refractivity contribution in [2.75, 3.05) is 0 Å². The topological polar surface area (TPSA) is 26.3 Å². The Morgan fingerprint density at radius 3 is 1.84 bits per heavy atom. The van der Waals surface area contributed by atoms with Gasteiger partial charge in [0.2, 0.25) is 0 Å². The van der Waals surface area contributed by atoms with Gasteiger partial charge in [0.1, 0.15) is 12.4 Å². The monoisotopic (exact) mass is 458 g/mol. The molecule has 2 nitrogen and oxygen atoms in total. The molecule has 32 heavy (non-hydrogen) atoms. The van der Waals surface area contributed by atoms with E-state index in [9.17, 15) is 4.79 Å². The predicted octanol–water partition coefficient (Wildman–Crippen LogP) is 7.49. The van der Waals surface area contributed by atoms with Crippen LogP contribution in [0.15, 0.2) is 91.0 Å². The Kier molecular flexibility index (Phi) is 5.73. The Balaban J connectivity index is 1.44. The first kappa shape index (κ1) is 20.8. The Hall–Kier alpha value is -3.07. The minimum atomic E-state index is -0.101. The molecule has 0 heterocycles. The third-order valence-electron chi connectivity index (χ3n) is 5.90. The van der Waals surface area contributed by atoms with Crippen molar-refractivity contribution in [1.29, 1.82) is 0 Å². The summed E-state index contributed by atoms with van der Waals surface area (Å²) >= 11 is 13.2. The standard InChI is InChI=1S/C28H20Cl2O2/c29-24-10-4-8-21-26(24)23(27-22(28(21)31)9-5-11-25(27)30)16-18-12-14-20(15-13-18)32-17-19-6-2-1-3-7-19/h1-15,23H,16-17H2. The van der Waals surface area contributed by atoms with Crippen molar-refractivity contribution in [1.82, 2.24) is 0 Å². The van der Waals surface area contributed by atoms with E-state index in [-0.39, 0.29) is 11.7 Å². The summed E-state index contributed by atoms with van der Waals surface area (Å²) in [5.74, 6) is 0.686. The van der Waals surface area contributed by atoms with Crippen LogP contribution in [0.2, 0.25) is 10.0 Å². The zero-order valence-corrected chi connectivity index (χ0v) is 18.7. The van der Waals surface area contributed by atoms with Crippen molar-refractivity contribution in [3.8, 4) is 5.75 Å². The average Bonchev–Trinajstić information content (AvgIpc) is 2.82. The van der Waals surface area contributed by atoms with E-state index < -0.39 is 0 Å². The maximum Gasteiger partial charge on any atom is 0.193 e. The number of ketones is 1. The lowest BCUT2D eigenvalue weighted by molar-refractivity contribution is 0.103. The van der Waals surface area contributed by atoms with Crippen molar-refractivity contribution in [2.45, 2.75) is 18.9 Å². The maximum atomic E-state index is 13.1. The Labute approximate surface area is 197 Å². The van der Waals surface area contributed by atoms with Gasteiger partial charge in [-0.05, 0) is 52.9 Å². The van der Waals surface area contributed by atoms with Crippen molar-refractivity contribution >= 4 is 29.0 Å². The molecule has 4 aromatic carbocycles. The van der Waals surface area contributed by atoms with Gasteiger partial charge in [-0.15, -0.1) is 0 Å². The molecule has 4 aromatic rings. The van der Waals surface area contributed by atoms with Gasteiger partial charge in [0, 0.05) is 27.1 Å². The number of halogens is 2. The summed E-state index contributed by atoms with van der Waals surface area (Å²) in [6, 6.07) is 29.2. The first-order valence-electron chi connectivity index (χ1n) is 10.5. The van der Waals surface area contributed by atoms with E-state index in [1.54, 1.807) is 0 Å². The lowest BCUT2D eigenvalue weighted by Gasteiger charge is -2.29. The van der Waals surface area contributed by atoms with E-state index in [2.05, 4.69) is 12.1 Å². The van der Waals surface area contributed by atoms with Crippen LogP contribution in [0.4, 0.5) is 0 Å². The Bertz CT molecular complexity index is 1230. The molecular weight excluding hydrogens is 439 g/mol. The van der Waals surface area contributed by atoms with Crippen LogP contribution in [-0.2, 0) is 13.0 Å². The highest BCUT2D eigenvalue weighted by Gasteiger charge is 2.34. The Morgan fingerprint density at radius 1 is 0.656 bits per heavy atom. The quantitative estimate of drug-likeness (QED) is 0.309. The summed E-state index contributed by atoms with van der Waals surface area (Å²) in [5.41, 5.74) is 5.25. The molecule has 0 unspecified atom stereocenters. The second-order valence-corrected chi connectivity index (χ2v) is 8.72. The van der Waals surface area contributed by atoms with E-state index in [1.165, 1.54) is 0 Å². The number of fused-ring (bicyclic) bond motifs is 2. The molecule has 0 fully saturated rings. The number of rotatable bonds is 5. The van der Waals surface area contributed by atoms with E-state index in [0.717, 1.165) is 28.0 Å². The molecule has 0 N–H and O–H groups in total. The van der Waals surface area contributed by atoms with Gasteiger partial charge in [0.25, 0.3) is 0 Å². The van der Waals surface area contributed by atoms with Gasteiger partial charge in [-0.1, -0.05) is 89.9 Å². The molecule has 0 atom stereocenters. The number of carbonyl (C=O) groups is 1. The van der Waals surface area contributed by atoms with Gasteiger partial charge in [0.05, 0.1) is 0 Å². The maximum absolute atomic E-state index is 13.1. The minimum Gasteiger partial charge on any atom is -0.489 e. The molecule has 0 spiro atoms. The largest absolute Gasteiger partial charge is 0.489 e. The molecule has 1 aliphatic carbocycles. The van der Waals surface area contributed by atoms with Crippen LogP contribution in [0.1, 0.15) is 44.1 Å². The summed E-state index contributed by atoms with van der Waals surface area (Å²) in [6.45, 7) is 0.525. The minimum absolute atomic E-state index is 0.0269. The highest BCUT2D eigenvalue weighted by Crippen LogP contribution is 2.44. The number of ether oxygens (including phenoxy) is 1. The fourth-order valence-corrected chi connectivity index (χ4v) is 4.98. The van der Waals surface area contributed by atoms with E-state index >= 15 is 0 Å². The zero-order valence-electron chi connectivity index (χ0n) is 17.2. The molecule has 5 rings (SSSR count). The van der Waals surface area contributed by atoms with Gasteiger partial charge < -0.3 is 4.74 Å². The third kappa shape index (κ3) is 3.92. The third-order valence-corrected chi connectivity index (χ3v) is 6.56. The fourth-order valence-electron chi connectivity index (χ4n) is 4.37. The number of hydrogen-bond donors (Lipinski definition) is 0. The average molecular weight is 459 g/mol. The molecule has 0 saturated heterocycles. The molecule has 0 amide bonds. The summed E-state index contributed by atoms with van der Waals surface area (Å²) in [4.78, 5) is 13.1. The molecule has 4 heteroatoms. The summed E-state index contributed by atoms with van der Waals surface area (Å²) in [6.07, 6.45) is 0.680. The molecule has 0 radical (unpaired) electrons. The SMILES string of the molecule is O=C1c2cccc(Cl)c2C(Cc2ccc(OCc3ccccc3)cc2)c2c(Cl)cccc21. The van der Waals surface area contributed by atoms with Crippen molar-refractivity contribution in [3.63, 3.8) is 0 Å². The molecule has 0 aliphatic heterocycles. The predicted molar refractivity (Wildman–Crippen MR) is 129 cm³/mol. The summed E-state index contributed by atoms with van der Waals surface area (Å²) < 4.78 is 5.91. The first-order valence-corrected chi connectivity index (χ1v) is 11.2. The molecular formula is C28H20Cl2O2. The number of carbonyl (C=O) groups excluding carboxylic acids is 1. The molecule has 0 saturated carbocycles. The molecule has 158 valence electrons. The van der Waals surface area contributed by atoms with Crippen molar-refractivity contribution in [3.05, 3.63) is 134 Å². The normalized spacial score (nSPS) is 12.9. The van der Waals surface area contributed by atoms with Gasteiger partial charge >= 0.3 is 0 Å². The van der Waals surface area contributed by atoms with Crippen LogP contribution in [0.5, 0.6) is 5.75 Å². The number of hydrogen-bond acceptors (Lipinski definition) is 2. The van der Waals surface area contributed by atoms with Crippen LogP contribution in [0.3, 0.4) is 0 Å². The van der Waals surface area contributed by atoms with Crippen molar-refractivity contribution in [2.24, 2.45) is 0 Å². The van der Waals surface area contributed by atoms with Crippen LogP contribution >= 0.6 is 23.2 Å². The Morgan fingerprint density at radius 2 is 1.25 bits per heavy atom. The second kappa shape index (κ2) is 8.82. The smallest absolute Gasteiger partial charge is 0.193 e. The second-order valence-electron chi connectivity index (χ2n) is 7.91.